The summed E-state index contributed by atoms with van der Waals surface area (Å²) in [7, 11) is 1.52. The van der Waals surface area contributed by atoms with Gasteiger partial charge in [0.15, 0.2) is 5.96 Å². The lowest BCUT2D eigenvalue weighted by molar-refractivity contribution is -0.132. The monoisotopic (exact) mass is 353 g/mol. The molecule has 7 heteroatoms. The van der Waals surface area contributed by atoms with Crippen LogP contribution in [0.25, 0.3) is 10.8 Å². The van der Waals surface area contributed by atoms with Gasteiger partial charge in [0, 0.05) is 20.1 Å². The van der Waals surface area contributed by atoms with Crippen molar-refractivity contribution in [1.82, 2.24) is 10.6 Å². The fraction of sp³-hybridized carbons (Fsp3) is 0.389. The Morgan fingerprint density at radius 1 is 1.04 bits per heavy atom. The number of ether oxygens (including phenoxy) is 1. The van der Waals surface area contributed by atoms with Gasteiger partial charge in [-0.05, 0) is 29.3 Å². The van der Waals surface area contributed by atoms with Gasteiger partial charge in [-0.25, -0.2) is 0 Å². The van der Waals surface area contributed by atoms with E-state index in [4.69, 9.17) is 4.74 Å². The minimum Gasteiger partial charge on any atom is -0.494 e. The molecule has 4 nitrogen and oxygen atoms in total. The maximum absolute atomic E-state index is 12.1. The zero-order valence-corrected chi connectivity index (χ0v) is 14.1. The first-order valence-electron chi connectivity index (χ1n) is 8.11. The maximum Gasteiger partial charge on any atom is 0.390 e. The van der Waals surface area contributed by atoms with Gasteiger partial charge in [0.1, 0.15) is 5.75 Å². The van der Waals surface area contributed by atoms with E-state index in [1.165, 1.54) is 7.05 Å². The maximum atomic E-state index is 12.1. The number of aliphatic imine (C=N–C) groups is 1. The first-order valence-corrected chi connectivity index (χ1v) is 8.11. The van der Waals surface area contributed by atoms with E-state index >= 15 is 0 Å². The van der Waals surface area contributed by atoms with Crippen molar-refractivity contribution in [3.05, 3.63) is 42.5 Å². The summed E-state index contributed by atoms with van der Waals surface area (Å²) in [4.78, 5) is 3.88. The molecule has 136 valence electrons. The minimum absolute atomic E-state index is 0.198. The van der Waals surface area contributed by atoms with E-state index in [2.05, 4.69) is 15.6 Å². The first kappa shape index (κ1) is 18.9. The Hall–Kier alpha value is -2.44. The van der Waals surface area contributed by atoms with E-state index in [0.29, 0.717) is 25.5 Å². The van der Waals surface area contributed by atoms with E-state index < -0.39 is 12.6 Å². The van der Waals surface area contributed by atoms with E-state index in [1.54, 1.807) is 0 Å². The largest absolute Gasteiger partial charge is 0.494 e. The lowest BCUT2D eigenvalue weighted by atomic mass is 10.1. The van der Waals surface area contributed by atoms with Crippen LogP contribution in [0.15, 0.2) is 47.5 Å². The lowest BCUT2D eigenvalue weighted by Crippen LogP contribution is -2.39. The molecule has 25 heavy (non-hydrogen) atoms. The van der Waals surface area contributed by atoms with Gasteiger partial charge in [0.2, 0.25) is 0 Å². The molecule has 0 amide bonds. The highest BCUT2D eigenvalue weighted by Crippen LogP contribution is 2.20. The van der Waals surface area contributed by atoms with E-state index in [-0.39, 0.29) is 6.54 Å². The van der Waals surface area contributed by atoms with Crippen molar-refractivity contribution in [2.75, 3.05) is 26.7 Å². The summed E-state index contributed by atoms with van der Waals surface area (Å²) in [6, 6.07) is 14.0. The van der Waals surface area contributed by atoms with Crippen LogP contribution in [0.3, 0.4) is 0 Å². The Balaban J connectivity index is 1.66. The number of benzene rings is 2. The van der Waals surface area contributed by atoms with Crippen LogP contribution in [0.5, 0.6) is 5.75 Å². The predicted molar refractivity (Wildman–Crippen MR) is 94.1 cm³/mol. The molecule has 0 aliphatic heterocycles. The summed E-state index contributed by atoms with van der Waals surface area (Å²) in [5, 5.41) is 7.87. The SMILES string of the molecule is CN=C(NCCCOc1ccc2ccccc2c1)NCCC(F)(F)F. The van der Waals surface area contributed by atoms with E-state index in [1.807, 2.05) is 42.5 Å². The summed E-state index contributed by atoms with van der Waals surface area (Å²) in [6.45, 7) is 0.862. The molecule has 0 saturated heterocycles. The Morgan fingerprint density at radius 3 is 2.48 bits per heavy atom. The van der Waals surface area contributed by atoms with Crippen LogP contribution in [0.4, 0.5) is 13.2 Å². The Bertz CT molecular complexity index is 701. The topological polar surface area (TPSA) is 45.7 Å². The second kappa shape index (κ2) is 9.15. The molecular weight excluding hydrogens is 331 g/mol. The van der Waals surface area contributed by atoms with Crippen LogP contribution in [0.2, 0.25) is 0 Å². The summed E-state index contributed by atoms with van der Waals surface area (Å²) < 4.78 is 42.0. The standard InChI is InChI=1S/C18H22F3N3O/c1-22-17(24-11-9-18(19,20)21)23-10-4-12-25-16-8-7-14-5-2-3-6-15(14)13-16/h2-3,5-8,13H,4,9-12H2,1H3,(H2,22,23,24). The van der Waals surface area contributed by atoms with Crippen LogP contribution in [-0.2, 0) is 0 Å². The van der Waals surface area contributed by atoms with Gasteiger partial charge in [0.05, 0.1) is 13.0 Å². The average Bonchev–Trinajstić information content (AvgIpc) is 2.58. The normalized spacial score (nSPS) is 12.2. The molecule has 0 heterocycles. The Kier molecular flexibility index (Phi) is 6.91. The summed E-state index contributed by atoms with van der Waals surface area (Å²) in [6.07, 6.45) is -4.36. The third-order valence-corrected chi connectivity index (χ3v) is 3.53. The molecular formula is C18H22F3N3O. The number of guanidine groups is 1. The summed E-state index contributed by atoms with van der Waals surface area (Å²) >= 11 is 0. The molecule has 0 spiro atoms. The fourth-order valence-electron chi connectivity index (χ4n) is 2.27. The van der Waals surface area contributed by atoms with Crippen LogP contribution >= 0.6 is 0 Å². The molecule has 0 aliphatic carbocycles. The molecule has 2 N–H and O–H groups in total. The Labute approximate surface area is 145 Å². The van der Waals surface area contributed by atoms with Gasteiger partial charge in [-0.1, -0.05) is 30.3 Å². The van der Waals surface area contributed by atoms with Crippen molar-refractivity contribution < 1.29 is 17.9 Å². The highest BCUT2D eigenvalue weighted by molar-refractivity contribution is 5.83. The molecule has 0 unspecified atom stereocenters. The predicted octanol–water partition coefficient (Wildman–Crippen LogP) is 3.73. The lowest BCUT2D eigenvalue weighted by Gasteiger charge is -2.13. The van der Waals surface area contributed by atoms with Gasteiger partial charge in [-0.3, -0.25) is 4.99 Å². The van der Waals surface area contributed by atoms with Gasteiger partial charge < -0.3 is 15.4 Å². The van der Waals surface area contributed by atoms with E-state index in [9.17, 15) is 13.2 Å². The molecule has 0 aromatic heterocycles. The van der Waals surface area contributed by atoms with Crippen LogP contribution in [-0.4, -0.2) is 38.9 Å². The molecule has 2 aromatic rings. The zero-order chi connectivity index (χ0) is 18.1. The fourth-order valence-corrected chi connectivity index (χ4v) is 2.27. The number of halogens is 3. The summed E-state index contributed by atoms with van der Waals surface area (Å²) in [5.74, 6) is 1.15. The molecule has 2 rings (SSSR count). The molecule has 2 aromatic carbocycles. The van der Waals surface area contributed by atoms with Gasteiger partial charge in [0.25, 0.3) is 0 Å². The van der Waals surface area contributed by atoms with Gasteiger partial charge >= 0.3 is 6.18 Å². The molecule has 0 bridgehead atoms. The molecule has 0 aliphatic rings. The first-order chi connectivity index (χ1) is 12.0. The number of nitrogens with zero attached hydrogens (tertiary/aromatic N) is 1. The quantitative estimate of drug-likeness (QED) is 0.453. The third kappa shape index (κ3) is 6.91. The van der Waals surface area contributed by atoms with Crippen LogP contribution in [0.1, 0.15) is 12.8 Å². The zero-order valence-electron chi connectivity index (χ0n) is 14.1. The van der Waals surface area contributed by atoms with Crippen LogP contribution < -0.4 is 15.4 Å². The van der Waals surface area contributed by atoms with Crippen molar-refractivity contribution in [2.24, 2.45) is 4.99 Å². The molecule has 0 fully saturated rings. The van der Waals surface area contributed by atoms with Gasteiger partial charge in [-0.2, -0.15) is 13.2 Å². The summed E-state index contributed by atoms with van der Waals surface area (Å²) in [5.41, 5.74) is 0. The second-order valence-electron chi connectivity index (χ2n) is 5.50. The number of hydrogen-bond donors (Lipinski definition) is 2. The number of hydrogen-bond acceptors (Lipinski definition) is 2. The van der Waals surface area contributed by atoms with Crippen molar-refractivity contribution in [2.45, 2.75) is 19.0 Å². The number of alkyl halides is 3. The smallest absolute Gasteiger partial charge is 0.390 e. The average molecular weight is 353 g/mol. The molecule has 0 atom stereocenters. The van der Waals surface area contributed by atoms with Crippen LogP contribution in [0, 0.1) is 0 Å². The van der Waals surface area contributed by atoms with Crippen molar-refractivity contribution >= 4 is 16.7 Å². The van der Waals surface area contributed by atoms with Crippen molar-refractivity contribution in [1.29, 1.82) is 0 Å². The molecule has 0 radical (unpaired) electrons. The number of fused-ring (bicyclic) bond motifs is 1. The second-order valence-corrected chi connectivity index (χ2v) is 5.50. The van der Waals surface area contributed by atoms with Crippen molar-refractivity contribution in [3.8, 4) is 5.75 Å². The Morgan fingerprint density at radius 2 is 1.76 bits per heavy atom. The third-order valence-electron chi connectivity index (χ3n) is 3.53. The minimum atomic E-state index is -4.17. The number of nitrogens with one attached hydrogen (secondary N) is 2. The van der Waals surface area contributed by atoms with Gasteiger partial charge in [-0.15, -0.1) is 0 Å². The van der Waals surface area contributed by atoms with Crippen molar-refractivity contribution in [3.63, 3.8) is 0 Å². The highest BCUT2D eigenvalue weighted by Gasteiger charge is 2.26. The highest BCUT2D eigenvalue weighted by atomic mass is 19.4. The number of rotatable bonds is 7. The van der Waals surface area contributed by atoms with E-state index in [0.717, 1.165) is 16.5 Å². The molecule has 0 saturated carbocycles.